The first kappa shape index (κ1) is 17.8. The third kappa shape index (κ3) is 4.98. The molecule has 25 heavy (non-hydrogen) atoms. The molecule has 0 aliphatic heterocycles. The first-order valence-corrected chi connectivity index (χ1v) is 9.88. The molecule has 1 amide bonds. The maximum Gasteiger partial charge on any atom is 0.263 e. The zero-order chi connectivity index (χ0) is 17.5. The number of ether oxygens (including phenoxy) is 1. The zero-order valence-electron chi connectivity index (χ0n) is 14.0. The van der Waals surface area contributed by atoms with Gasteiger partial charge in [-0.2, -0.15) is 0 Å². The summed E-state index contributed by atoms with van der Waals surface area (Å²) in [7, 11) is 0. The van der Waals surface area contributed by atoms with Crippen LogP contribution >= 0.6 is 22.7 Å². The summed E-state index contributed by atoms with van der Waals surface area (Å²) in [5.41, 5.74) is 1.16. The molecule has 1 aromatic carbocycles. The van der Waals surface area contributed by atoms with Crippen LogP contribution in [0.15, 0.2) is 54.0 Å². The average Bonchev–Trinajstić information content (AvgIpc) is 3.33. The average molecular weight is 373 g/mol. The Morgan fingerprint density at radius 3 is 2.84 bits per heavy atom. The summed E-state index contributed by atoms with van der Waals surface area (Å²) in [4.78, 5) is 18.2. The Labute approximate surface area is 155 Å². The number of hydrogen-bond donors (Lipinski definition) is 1. The molecular weight excluding hydrogens is 352 g/mol. The van der Waals surface area contributed by atoms with Crippen molar-refractivity contribution in [3.8, 4) is 9.88 Å². The largest absolute Gasteiger partial charge is 0.374 e. The molecule has 0 aliphatic rings. The molecule has 2 heterocycles. The maximum absolute atomic E-state index is 12.2. The van der Waals surface area contributed by atoms with Crippen LogP contribution in [0.1, 0.15) is 34.7 Å². The molecule has 1 atom stereocenters. The highest BCUT2D eigenvalue weighted by Gasteiger charge is 2.12. The number of rotatable bonds is 8. The van der Waals surface area contributed by atoms with Gasteiger partial charge < -0.3 is 10.1 Å². The van der Waals surface area contributed by atoms with Crippen molar-refractivity contribution < 1.29 is 9.53 Å². The lowest BCUT2D eigenvalue weighted by Gasteiger charge is -2.13. The lowest BCUT2D eigenvalue weighted by atomic mass is 10.1. The molecule has 1 unspecified atom stereocenters. The van der Waals surface area contributed by atoms with Crippen molar-refractivity contribution in [1.29, 1.82) is 0 Å². The molecule has 0 bridgehead atoms. The molecule has 1 N–H and O–H groups in total. The van der Waals surface area contributed by atoms with Gasteiger partial charge >= 0.3 is 0 Å². The molecule has 4 nitrogen and oxygen atoms in total. The molecule has 2 aromatic heterocycles. The minimum Gasteiger partial charge on any atom is -0.374 e. The summed E-state index contributed by atoms with van der Waals surface area (Å²) < 4.78 is 5.81. The van der Waals surface area contributed by atoms with Crippen molar-refractivity contribution in [3.63, 3.8) is 0 Å². The van der Waals surface area contributed by atoms with Crippen molar-refractivity contribution in [2.75, 3.05) is 13.2 Å². The van der Waals surface area contributed by atoms with Gasteiger partial charge in [-0.15, -0.1) is 22.7 Å². The van der Waals surface area contributed by atoms with Crippen LogP contribution in [0, 0.1) is 0 Å². The molecule has 0 spiro atoms. The summed E-state index contributed by atoms with van der Waals surface area (Å²) in [6, 6.07) is 14.1. The van der Waals surface area contributed by atoms with E-state index in [9.17, 15) is 4.79 Å². The highest BCUT2D eigenvalue weighted by Crippen LogP contribution is 2.28. The van der Waals surface area contributed by atoms with Gasteiger partial charge in [-0.3, -0.25) is 4.79 Å². The Bertz CT molecular complexity index is 785. The van der Waals surface area contributed by atoms with Crippen LogP contribution in [0.2, 0.25) is 0 Å². The fraction of sp³-hybridized carbons (Fsp3) is 0.263. The number of amides is 1. The Morgan fingerprint density at radius 2 is 2.08 bits per heavy atom. The van der Waals surface area contributed by atoms with Crippen LogP contribution in [-0.2, 0) is 4.74 Å². The number of thiophene rings is 1. The van der Waals surface area contributed by atoms with Gasteiger partial charge in [0.25, 0.3) is 5.91 Å². The Kier molecular flexibility index (Phi) is 6.33. The quantitative estimate of drug-likeness (QED) is 0.580. The number of hydrogen-bond acceptors (Lipinski definition) is 5. The van der Waals surface area contributed by atoms with E-state index in [1.54, 1.807) is 17.5 Å². The molecule has 130 valence electrons. The lowest BCUT2D eigenvalue weighted by molar-refractivity contribution is 0.0635. The predicted octanol–water partition coefficient (Wildman–Crippen LogP) is 4.77. The van der Waals surface area contributed by atoms with Gasteiger partial charge in [0, 0.05) is 13.2 Å². The van der Waals surface area contributed by atoms with Crippen LogP contribution < -0.4 is 5.32 Å². The van der Waals surface area contributed by atoms with E-state index in [0.29, 0.717) is 18.0 Å². The lowest BCUT2D eigenvalue weighted by Crippen LogP contribution is -2.24. The van der Waals surface area contributed by atoms with E-state index >= 15 is 0 Å². The third-order valence-electron chi connectivity index (χ3n) is 3.70. The summed E-state index contributed by atoms with van der Waals surface area (Å²) in [6.45, 7) is 3.24. The number of carbonyl (C=O) groups is 1. The molecular formula is C19H20N2O2S2. The number of aromatic nitrogens is 1. The van der Waals surface area contributed by atoms with E-state index in [1.165, 1.54) is 11.3 Å². The van der Waals surface area contributed by atoms with Gasteiger partial charge in [-0.25, -0.2) is 4.98 Å². The van der Waals surface area contributed by atoms with Gasteiger partial charge in [0.15, 0.2) is 0 Å². The first-order valence-electron chi connectivity index (χ1n) is 8.18. The highest BCUT2D eigenvalue weighted by molar-refractivity contribution is 7.21. The molecule has 6 heteroatoms. The minimum atomic E-state index is -0.0728. The predicted molar refractivity (Wildman–Crippen MR) is 103 cm³/mol. The zero-order valence-corrected chi connectivity index (χ0v) is 15.6. The fourth-order valence-corrected chi connectivity index (χ4v) is 3.97. The van der Waals surface area contributed by atoms with Crippen molar-refractivity contribution >= 4 is 28.6 Å². The number of benzene rings is 1. The molecule has 3 rings (SSSR count). The fourth-order valence-electron chi connectivity index (χ4n) is 2.33. The van der Waals surface area contributed by atoms with Gasteiger partial charge in [-0.05, 0) is 30.4 Å². The van der Waals surface area contributed by atoms with Crippen molar-refractivity contribution in [2.24, 2.45) is 0 Å². The summed E-state index contributed by atoms with van der Waals surface area (Å²) in [6.07, 6.45) is 2.48. The van der Waals surface area contributed by atoms with Crippen molar-refractivity contribution in [3.05, 3.63) is 64.5 Å². The molecule has 3 aromatic rings. The van der Waals surface area contributed by atoms with Gasteiger partial charge in [0.1, 0.15) is 9.88 Å². The molecule has 0 aliphatic carbocycles. The Hall–Kier alpha value is -2.02. The second-order valence-corrected chi connectivity index (χ2v) is 7.52. The van der Waals surface area contributed by atoms with Crippen molar-refractivity contribution in [1.82, 2.24) is 10.3 Å². The van der Waals surface area contributed by atoms with Gasteiger partial charge in [0.05, 0.1) is 17.2 Å². The summed E-state index contributed by atoms with van der Waals surface area (Å²) in [5.74, 6) is -0.0728. The first-order chi connectivity index (χ1) is 12.2. The van der Waals surface area contributed by atoms with Crippen LogP contribution in [0.3, 0.4) is 0 Å². The second kappa shape index (κ2) is 8.89. The number of thiazole rings is 1. The standard InChI is InChI=1S/C19H20N2O2S2/c1-14(15-7-3-2-4-8-15)23-11-6-10-20-18(22)17-13-21-19(25-17)16-9-5-12-24-16/h2-5,7-9,12-14H,6,10-11H2,1H3,(H,20,22). The molecule has 0 fully saturated rings. The van der Waals surface area contributed by atoms with Crippen LogP contribution in [0.25, 0.3) is 9.88 Å². The van der Waals surface area contributed by atoms with E-state index in [0.717, 1.165) is 21.9 Å². The van der Waals surface area contributed by atoms with Crippen molar-refractivity contribution in [2.45, 2.75) is 19.4 Å². The third-order valence-corrected chi connectivity index (χ3v) is 5.74. The summed E-state index contributed by atoms with van der Waals surface area (Å²) >= 11 is 3.05. The minimum absolute atomic E-state index is 0.0618. The molecule has 0 saturated carbocycles. The highest BCUT2D eigenvalue weighted by atomic mass is 32.1. The number of nitrogens with one attached hydrogen (secondary N) is 1. The van der Waals surface area contributed by atoms with Crippen LogP contribution in [0.5, 0.6) is 0 Å². The monoisotopic (exact) mass is 372 g/mol. The second-order valence-electron chi connectivity index (χ2n) is 5.54. The van der Waals surface area contributed by atoms with E-state index in [1.807, 2.05) is 42.6 Å². The number of nitrogens with zero attached hydrogens (tertiary/aromatic N) is 1. The topological polar surface area (TPSA) is 51.2 Å². The maximum atomic E-state index is 12.2. The van der Waals surface area contributed by atoms with Gasteiger partial charge in [-0.1, -0.05) is 36.4 Å². The SMILES string of the molecule is CC(OCCCNC(=O)c1cnc(-c2cccs2)s1)c1ccccc1. The van der Waals surface area contributed by atoms with Crippen LogP contribution in [-0.4, -0.2) is 24.0 Å². The van der Waals surface area contributed by atoms with Gasteiger partial charge in [0.2, 0.25) is 0 Å². The van der Waals surface area contributed by atoms with E-state index in [-0.39, 0.29) is 12.0 Å². The Balaban J connectivity index is 1.38. The normalized spacial score (nSPS) is 12.0. The molecule has 0 saturated heterocycles. The molecule has 0 radical (unpaired) electrons. The van der Waals surface area contributed by atoms with E-state index in [2.05, 4.69) is 22.4 Å². The summed E-state index contributed by atoms with van der Waals surface area (Å²) in [5, 5.41) is 5.82. The van der Waals surface area contributed by atoms with E-state index in [4.69, 9.17) is 4.74 Å². The Morgan fingerprint density at radius 1 is 1.24 bits per heavy atom. The number of carbonyl (C=O) groups excluding carboxylic acids is 1. The smallest absolute Gasteiger partial charge is 0.263 e. The van der Waals surface area contributed by atoms with Crippen LogP contribution in [0.4, 0.5) is 0 Å². The van der Waals surface area contributed by atoms with E-state index < -0.39 is 0 Å².